The minimum Gasteiger partial charge on any atom is -0.394 e. The van der Waals surface area contributed by atoms with Crippen molar-refractivity contribution >= 4 is 0 Å². The van der Waals surface area contributed by atoms with E-state index in [9.17, 15) is 5.11 Å². The van der Waals surface area contributed by atoms with Crippen molar-refractivity contribution in [2.75, 3.05) is 19.7 Å². The van der Waals surface area contributed by atoms with Gasteiger partial charge >= 0.3 is 0 Å². The number of aliphatic hydroxyl groups excluding tert-OH is 1. The zero-order valence-electron chi connectivity index (χ0n) is 11.3. The lowest BCUT2D eigenvalue weighted by Crippen LogP contribution is -2.47. The smallest absolute Gasteiger partial charge is 0.0665 e. The molecular formula is C15H25NO. The Balaban J connectivity index is 2.99. The van der Waals surface area contributed by atoms with Crippen LogP contribution in [0.25, 0.3) is 0 Å². The molecule has 0 bridgehead atoms. The Morgan fingerprint density at radius 1 is 1.06 bits per heavy atom. The quantitative estimate of drug-likeness (QED) is 0.785. The first kappa shape index (κ1) is 14.2. The second kappa shape index (κ2) is 6.77. The SMILES string of the molecule is CCCN(CCC)C(C)(CO)c1ccccc1. The van der Waals surface area contributed by atoms with E-state index in [-0.39, 0.29) is 12.1 Å². The first-order chi connectivity index (χ1) is 8.19. The average Bonchev–Trinajstić information content (AvgIpc) is 2.38. The molecule has 0 amide bonds. The molecule has 1 rings (SSSR count). The summed E-state index contributed by atoms with van der Waals surface area (Å²) in [7, 11) is 0. The van der Waals surface area contributed by atoms with Crippen LogP contribution in [0.3, 0.4) is 0 Å². The van der Waals surface area contributed by atoms with Crippen molar-refractivity contribution < 1.29 is 5.11 Å². The molecule has 0 radical (unpaired) electrons. The van der Waals surface area contributed by atoms with Gasteiger partial charge in [0.25, 0.3) is 0 Å². The van der Waals surface area contributed by atoms with Gasteiger partial charge in [-0.3, -0.25) is 4.90 Å². The molecule has 0 aliphatic rings. The van der Waals surface area contributed by atoms with E-state index < -0.39 is 0 Å². The monoisotopic (exact) mass is 235 g/mol. The lowest BCUT2D eigenvalue weighted by molar-refractivity contribution is 0.0399. The largest absolute Gasteiger partial charge is 0.394 e. The summed E-state index contributed by atoms with van der Waals surface area (Å²) in [4.78, 5) is 2.39. The van der Waals surface area contributed by atoms with Gasteiger partial charge in [0.05, 0.1) is 12.1 Å². The second-order valence-electron chi connectivity index (χ2n) is 4.79. The standard InChI is InChI=1S/C15H25NO/c1-4-11-16(12-5-2)15(3,13-17)14-9-7-6-8-10-14/h6-10,17H,4-5,11-13H2,1-3H3. The predicted molar refractivity (Wildman–Crippen MR) is 73.0 cm³/mol. The highest BCUT2D eigenvalue weighted by atomic mass is 16.3. The molecule has 1 aromatic rings. The van der Waals surface area contributed by atoms with Crippen molar-refractivity contribution in [1.82, 2.24) is 4.90 Å². The summed E-state index contributed by atoms with van der Waals surface area (Å²) in [5, 5.41) is 9.82. The Morgan fingerprint density at radius 2 is 1.59 bits per heavy atom. The minimum atomic E-state index is -0.257. The molecule has 0 fully saturated rings. The van der Waals surface area contributed by atoms with Crippen LogP contribution in [-0.4, -0.2) is 29.7 Å². The molecule has 2 heteroatoms. The van der Waals surface area contributed by atoms with E-state index in [2.05, 4.69) is 37.8 Å². The highest BCUT2D eigenvalue weighted by Gasteiger charge is 2.31. The van der Waals surface area contributed by atoms with Crippen LogP contribution >= 0.6 is 0 Å². The maximum atomic E-state index is 9.82. The van der Waals surface area contributed by atoms with Gasteiger partial charge in [-0.25, -0.2) is 0 Å². The van der Waals surface area contributed by atoms with Gasteiger partial charge in [-0.1, -0.05) is 44.2 Å². The van der Waals surface area contributed by atoms with Crippen molar-refractivity contribution in [3.8, 4) is 0 Å². The first-order valence-corrected chi connectivity index (χ1v) is 6.60. The molecule has 0 aromatic heterocycles. The normalized spacial score (nSPS) is 14.9. The highest BCUT2D eigenvalue weighted by Crippen LogP contribution is 2.28. The molecule has 1 unspecified atom stereocenters. The maximum Gasteiger partial charge on any atom is 0.0665 e. The van der Waals surface area contributed by atoms with Crippen molar-refractivity contribution in [3.05, 3.63) is 35.9 Å². The van der Waals surface area contributed by atoms with Crippen LogP contribution < -0.4 is 0 Å². The Kier molecular flexibility index (Phi) is 5.66. The fourth-order valence-corrected chi connectivity index (χ4v) is 2.32. The molecule has 17 heavy (non-hydrogen) atoms. The Bertz CT molecular complexity index is 306. The van der Waals surface area contributed by atoms with Gasteiger partial charge in [0.2, 0.25) is 0 Å². The number of hydrogen-bond acceptors (Lipinski definition) is 2. The molecule has 1 N–H and O–H groups in total. The van der Waals surface area contributed by atoms with Gasteiger partial charge in [-0.05, 0) is 38.4 Å². The van der Waals surface area contributed by atoms with Gasteiger partial charge in [0, 0.05) is 0 Å². The molecule has 2 nitrogen and oxygen atoms in total. The third kappa shape index (κ3) is 3.30. The van der Waals surface area contributed by atoms with Gasteiger partial charge in [0.15, 0.2) is 0 Å². The van der Waals surface area contributed by atoms with Crippen LogP contribution in [0, 0.1) is 0 Å². The lowest BCUT2D eigenvalue weighted by atomic mass is 9.90. The van der Waals surface area contributed by atoms with E-state index >= 15 is 0 Å². The Hall–Kier alpha value is -0.860. The lowest BCUT2D eigenvalue weighted by Gasteiger charge is -2.40. The van der Waals surface area contributed by atoms with Crippen LogP contribution in [0.5, 0.6) is 0 Å². The highest BCUT2D eigenvalue weighted by molar-refractivity contribution is 5.24. The summed E-state index contributed by atoms with van der Waals surface area (Å²) in [6.45, 7) is 8.72. The maximum absolute atomic E-state index is 9.82. The van der Waals surface area contributed by atoms with Crippen LogP contribution in [0.4, 0.5) is 0 Å². The van der Waals surface area contributed by atoms with Crippen molar-refractivity contribution in [1.29, 1.82) is 0 Å². The Morgan fingerprint density at radius 3 is 2.00 bits per heavy atom. The summed E-state index contributed by atoms with van der Waals surface area (Å²) in [5.41, 5.74) is 0.942. The fraction of sp³-hybridized carbons (Fsp3) is 0.600. The molecule has 1 aromatic carbocycles. The fourth-order valence-electron chi connectivity index (χ4n) is 2.32. The van der Waals surface area contributed by atoms with Crippen LogP contribution in [0.2, 0.25) is 0 Å². The van der Waals surface area contributed by atoms with E-state index in [1.165, 1.54) is 5.56 Å². The summed E-state index contributed by atoms with van der Waals surface area (Å²) >= 11 is 0. The van der Waals surface area contributed by atoms with E-state index in [1.807, 2.05) is 18.2 Å². The molecule has 0 aliphatic heterocycles. The minimum absolute atomic E-state index is 0.164. The van der Waals surface area contributed by atoms with Gasteiger partial charge in [-0.2, -0.15) is 0 Å². The number of benzene rings is 1. The van der Waals surface area contributed by atoms with Gasteiger partial charge < -0.3 is 5.11 Å². The summed E-state index contributed by atoms with van der Waals surface area (Å²) in [6.07, 6.45) is 2.23. The number of nitrogens with zero attached hydrogens (tertiary/aromatic N) is 1. The molecule has 96 valence electrons. The van der Waals surface area contributed by atoms with Gasteiger partial charge in [-0.15, -0.1) is 0 Å². The molecule has 0 saturated heterocycles. The second-order valence-corrected chi connectivity index (χ2v) is 4.79. The van der Waals surface area contributed by atoms with Crippen molar-refractivity contribution in [2.24, 2.45) is 0 Å². The topological polar surface area (TPSA) is 23.5 Å². The van der Waals surface area contributed by atoms with E-state index in [1.54, 1.807) is 0 Å². The molecule has 0 aliphatic carbocycles. The zero-order chi connectivity index (χ0) is 12.7. The molecule has 1 atom stereocenters. The van der Waals surface area contributed by atoms with Crippen LogP contribution in [-0.2, 0) is 5.54 Å². The van der Waals surface area contributed by atoms with E-state index in [4.69, 9.17) is 0 Å². The van der Waals surface area contributed by atoms with Crippen LogP contribution in [0.1, 0.15) is 39.2 Å². The van der Waals surface area contributed by atoms with Crippen LogP contribution in [0.15, 0.2) is 30.3 Å². The summed E-state index contributed by atoms with van der Waals surface area (Å²) in [5.74, 6) is 0. The number of aliphatic hydroxyl groups is 1. The third-order valence-electron chi connectivity index (χ3n) is 3.39. The third-order valence-corrected chi connectivity index (χ3v) is 3.39. The molecular weight excluding hydrogens is 210 g/mol. The zero-order valence-corrected chi connectivity index (χ0v) is 11.3. The van der Waals surface area contributed by atoms with Crippen molar-refractivity contribution in [2.45, 2.75) is 39.2 Å². The average molecular weight is 235 g/mol. The number of hydrogen-bond donors (Lipinski definition) is 1. The molecule has 0 spiro atoms. The van der Waals surface area contributed by atoms with Crippen molar-refractivity contribution in [3.63, 3.8) is 0 Å². The summed E-state index contributed by atoms with van der Waals surface area (Å²) < 4.78 is 0. The Labute approximate surface area is 105 Å². The number of rotatable bonds is 7. The molecule has 0 saturated carbocycles. The molecule has 0 heterocycles. The first-order valence-electron chi connectivity index (χ1n) is 6.60. The predicted octanol–water partition coefficient (Wildman–Crippen LogP) is 3.02. The summed E-state index contributed by atoms with van der Waals surface area (Å²) in [6, 6.07) is 10.3. The van der Waals surface area contributed by atoms with Gasteiger partial charge in [0.1, 0.15) is 0 Å². The van der Waals surface area contributed by atoms with E-state index in [0.29, 0.717) is 0 Å². The van der Waals surface area contributed by atoms with E-state index in [0.717, 1.165) is 25.9 Å².